The van der Waals surface area contributed by atoms with E-state index in [9.17, 15) is 4.39 Å². The maximum Gasteiger partial charge on any atom is 0.147 e. The molecule has 0 aliphatic rings. The maximum absolute atomic E-state index is 13.6. The van der Waals surface area contributed by atoms with Crippen molar-refractivity contribution in [2.45, 2.75) is 13.5 Å². The van der Waals surface area contributed by atoms with Crippen LogP contribution in [-0.4, -0.2) is 14.7 Å². The zero-order chi connectivity index (χ0) is 10.8. The Kier molecular flexibility index (Phi) is 2.51. The number of benzene rings is 1. The van der Waals surface area contributed by atoms with E-state index in [0.29, 0.717) is 11.3 Å². The van der Waals surface area contributed by atoms with Gasteiger partial charge in [-0.3, -0.25) is 0 Å². The number of aliphatic hydroxyl groups is 1. The van der Waals surface area contributed by atoms with Gasteiger partial charge in [0.1, 0.15) is 11.6 Å². The molecular formula is C11H11FN2O. The van der Waals surface area contributed by atoms with Crippen LogP contribution >= 0.6 is 0 Å². The molecule has 15 heavy (non-hydrogen) atoms. The Morgan fingerprint density at radius 3 is 2.80 bits per heavy atom. The van der Waals surface area contributed by atoms with Gasteiger partial charge in [-0.25, -0.2) is 9.37 Å². The third kappa shape index (κ3) is 1.76. The molecule has 2 aromatic rings. The molecule has 78 valence electrons. The van der Waals surface area contributed by atoms with Crippen LogP contribution in [-0.2, 0) is 6.61 Å². The van der Waals surface area contributed by atoms with E-state index in [4.69, 9.17) is 5.11 Å². The summed E-state index contributed by atoms with van der Waals surface area (Å²) in [6, 6.07) is 4.65. The van der Waals surface area contributed by atoms with Gasteiger partial charge in [0.25, 0.3) is 0 Å². The van der Waals surface area contributed by atoms with E-state index < -0.39 is 0 Å². The average molecular weight is 206 g/mol. The molecule has 0 atom stereocenters. The predicted molar refractivity (Wildman–Crippen MR) is 54.2 cm³/mol. The zero-order valence-electron chi connectivity index (χ0n) is 8.31. The highest BCUT2D eigenvalue weighted by Gasteiger charge is 2.07. The van der Waals surface area contributed by atoms with Crippen molar-refractivity contribution < 1.29 is 9.50 Å². The van der Waals surface area contributed by atoms with Crippen molar-refractivity contribution in [3.05, 3.63) is 47.8 Å². The Morgan fingerprint density at radius 1 is 1.47 bits per heavy atom. The van der Waals surface area contributed by atoms with Crippen LogP contribution in [0.1, 0.15) is 11.4 Å². The van der Waals surface area contributed by atoms with Crippen molar-refractivity contribution in [2.24, 2.45) is 0 Å². The van der Waals surface area contributed by atoms with E-state index >= 15 is 0 Å². The molecule has 0 saturated carbocycles. The van der Waals surface area contributed by atoms with E-state index in [1.807, 2.05) is 0 Å². The van der Waals surface area contributed by atoms with Crippen LogP contribution in [0.2, 0.25) is 0 Å². The predicted octanol–water partition coefficient (Wildman–Crippen LogP) is 1.81. The standard InChI is InChI=1S/C11H11FN2O/c1-8-13-4-5-14(8)11-3-2-9(7-15)6-10(11)12/h2-6,15H,7H2,1H3. The number of hydrogen-bond donors (Lipinski definition) is 1. The van der Waals surface area contributed by atoms with Crippen molar-refractivity contribution >= 4 is 0 Å². The summed E-state index contributed by atoms with van der Waals surface area (Å²) >= 11 is 0. The minimum absolute atomic E-state index is 0.153. The smallest absolute Gasteiger partial charge is 0.147 e. The highest BCUT2D eigenvalue weighted by Crippen LogP contribution is 2.16. The number of aliphatic hydroxyl groups excluding tert-OH is 1. The van der Waals surface area contributed by atoms with Gasteiger partial charge < -0.3 is 9.67 Å². The van der Waals surface area contributed by atoms with Crippen molar-refractivity contribution in [3.63, 3.8) is 0 Å². The van der Waals surface area contributed by atoms with Crippen molar-refractivity contribution in [2.75, 3.05) is 0 Å². The van der Waals surface area contributed by atoms with Crippen molar-refractivity contribution in [1.29, 1.82) is 0 Å². The van der Waals surface area contributed by atoms with Gasteiger partial charge in [0.2, 0.25) is 0 Å². The number of aromatic nitrogens is 2. The van der Waals surface area contributed by atoms with E-state index in [1.165, 1.54) is 6.07 Å². The molecule has 0 amide bonds. The average Bonchev–Trinajstić information content (AvgIpc) is 2.64. The largest absolute Gasteiger partial charge is 0.392 e. The minimum atomic E-state index is -0.359. The highest BCUT2D eigenvalue weighted by molar-refractivity contribution is 5.37. The summed E-state index contributed by atoms with van der Waals surface area (Å²) in [5.41, 5.74) is 1.01. The molecule has 0 radical (unpaired) electrons. The molecule has 2 rings (SSSR count). The molecule has 1 N–H and O–H groups in total. The summed E-state index contributed by atoms with van der Waals surface area (Å²) in [7, 11) is 0. The van der Waals surface area contributed by atoms with Gasteiger partial charge >= 0.3 is 0 Å². The van der Waals surface area contributed by atoms with Gasteiger partial charge in [0.05, 0.1) is 12.3 Å². The highest BCUT2D eigenvalue weighted by atomic mass is 19.1. The zero-order valence-corrected chi connectivity index (χ0v) is 8.31. The summed E-state index contributed by atoms with van der Waals surface area (Å²) in [6.45, 7) is 1.65. The monoisotopic (exact) mass is 206 g/mol. The fourth-order valence-electron chi connectivity index (χ4n) is 1.48. The lowest BCUT2D eigenvalue weighted by molar-refractivity contribution is 0.281. The van der Waals surface area contributed by atoms with Crippen molar-refractivity contribution in [1.82, 2.24) is 9.55 Å². The number of halogens is 1. The Morgan fingerprint density at radius 2 is 2.27 bits per heavy atom. The maximum atomic E-state index is 13.6. The SMILES string of the molecule is Cc1nccn1-c1ccc(CO)cc1F. The van der Waals surface area contributed by atoms with Crippen LogP contribution < -0.4 is 0 Å². The summed E-state index contributed by atoms with van der Waals surface area (Å²) in [5, 5.41) is 8.85. The molecular weight excluding hydrogens is 195 g/mol. The number of aryl methyl sites for hydroxylation is 1. The Bertz CT molecular complexity index is 479. The molecule has 1 aromatic carbocycles. The van der Waals surface area contributed by atoms with E-state index in [0.717, 1.165) is 5.82 Å². The second-order valence-corrected chi connectivity index (χ2v) is 3.29. The Balaban J connectivity index is 2.50. The van der Waals surface area contributed by atoms with E-state index in [1.54, 1.807) is 36.0 Å². The lowest BCUT2D eigenvalue weighted by atomic mass is 10.2. The van der Waals surface area contributed by atoms with Crippen LogP contribution in [0.3, 0.4) is 0 Å². The first kappa shape index (κ1) is 9.86. The molecule has 0 saturated heterocycles. The summed E-state index contributed by atoms with van der Waals surface area (Å²) in [6.07, 6.45) is 3.32. The summed E-state index contributed by atoms with van der Waals surface area (Å²) in [4.78, 5) is 4.02. The first-order valence-corrected chi connectivity index (χ1v) is 4.62. The van der Waals surface area contributed by atoms with Gasteiger partial charge in [0, 0.05) is 12.4 Å². The van der Waals surface area contributed by atoms with Crippen LogP contribution in [0.4, 0.5) is 4.39 Å². The fourth-order valence-corrected chi connectivity index (χ4v) is 1.48. The molecule has 0 bridgehead atoms. The first-order chi connectivity index (χ1) is 7.22. The second kappa shape index (κ2) is 3.82. The molecule has 0 spiro atoms. The molecule has 4 heteroatoms. The number of nitrogens with zero attached hydrogens (tertiary/aromatic N) is 2. The third-order valence-electron chi connectivity index (χ3n) is 2.28. The molecule has 0 aliphatic heterocycles. The van der Waals surface area contributed by atoms with Gasteiger partial charge in [-0.2, -0.15) is 0 Å². The molecule has 1 aromatic heterocycles. The topological polar surface area (TPSA) is 38.0 Å². The van der Waals surface area contributed by atoms with E-state index in [2.05, 4.69) is 4.98 Å². The van der Waals surface area contributed by atoms with Crippen LogP contribution in [0.5, 0.6) is 0 Å². The normalized spacial score (nSPS) is 10.6. The van der Waals surface area contributed by atoms with Gasteiger partial charge in [0.15, 0.2) is 0 Å². The fraction of sp³-hybridized carbons (Fsp3) is 0.182. The third-order valence-corrected chi connectivity index (χ3v) is 2.28. The molecule has 0 aliphatic carbocycles. The Labute approximate surface area is 86.8 Å². The lowest BCUT2D eigenvalue weighted by Crippen LogP contribution is -1.99. The first-order valence-electron chi connectivity index (χ1n) is 4.62. The number of rotatable bonds is 2. The number of hydrogen-bond acceptors (Lipinski definition) is 2. The van der Waals surface area contributed by atoms with Crippen LogP contribution in [0.25, 0.3) is 5.69 Å². The lowest BCUT2D eigenvalue weighted by Gasteiger charge is -2.07. The molecule has 0 unspecified atom stereocenters. The summed E-state index contributed by atoms with van der Waals surface area (Å²) < 4.78 is 15.3. The van der Waals surface area contributed by atoms with E-state index in [-0.39, 0.29) is 12.4 Å². The molecule has 0 fully saturated rings. The minimum Gasteiger partial charge on any atom is -0.392 e. The second-order valence-electron chi connectivity index (χ2n) is 3.29. The van der Waals surface area contributed by atoms with Crippen LogP contribution in [0.15, 0.2) is 30.6 Å². The Hall–Kier alpha value is -1.68. The van der Waals surface area contributed by atoms with Gasteiger partial charge in [-0.1, -0.05) is 6.07 Å². The van der Waals surface area contributed by atoms with Gasteiger partial charge in [-0.05, 0) is 24.6 Å². The van der Waals surface area contributed by atoms with Crippen LogP contribution in [0, 0.1) is 12.7 Å². The summed E-state index contributed by atoms with van der Waals surface area (Å²) in [5.74, 6) is 0.369. The quantitative estimate of drug-likeness (QED) is 0.813. The van der Waals surface area contributed by atoms with Gasteiger partial charge in [-0.15, -0.1) is 0 Å². The molecule has 1 heterocycles. The van der Waals surface area contributed by atoms with Crippen molar-refractivity contribution in [3.8, 4) is 5.69 Å². The number of imidazole rings is 1. The molecule has 3 nitrogen and oxygen atoms in total.